The van der Waals surface area contributed by atoms with Crippen LogP contribution in [0.3, 0.4) is 0 Å². The Bertz CT molecular complexity index is 362. The van der Waals surface area contributed by atoms with E-state index in [1.165, 1.54) is 32.8 Å². The van der Waals surface area contributed by atoms with E-state index in [4.69, 9.17) is 0 Å². The topological polar surface area (TPSA) is 26.3 Å². The van der Waals surface area contributed by atoms with E-state index in [1.807, 2.05) is 6.08 Å². The zero-order valence-corrected chi connectivity index (χ0v) is 14.3. The van der Waals surface area contributed by atoms with Crippen molar-refractivity contribution in [3.63, 3.8) is 0 Å². The molecule has 0 saturated heterocycles. The Labute approximate surface area is 136 Å². The lowest BCUT2D eigenvalue weighted by atomic mass is 10.2. The zero-order valence-electron chi connectivity index (χ0n) is 14.3. The van der Waals surface area contributed by atoms with Crippen molar-refractivity contribution >= 4 is 5.97 Å². The molecule has 0 unspecified atom stereocenters. The number of ether oxygens (including phenoxy) is 1. The molecule has 0 aliphatic carbocycles. The summed E-state index contributed by atoms with van der Waals surface area (Å²) >= 11 is 0. The molecule has 0 radical (unpaired) electrons. The maximum atomic E-state index is 10.9. The minimum Gasteiger partial charge on any atom is -0.469 e. The highest BCUT2D eigenvalue weighted by molar-refractivity contribution is 5.69. The van der Waals surface area contributed by atoms with Crippen LogP contribution in [0.25, 0.3) is 0 Å². The third-order valence-corrected chi connectivity index (χ3v) is 3.20. The molecule has 0 aromatic rings. The van der Waals surface area contributed by atoms with Crippen molar-refractivity contribution in [1.82, 2.24) is 0 Å². The number of unbranched alkanes of at least 4 members (excludes halogenated alkanes) is 3. The smallest absolute Gasteiger partial charge is 0.305 e. The van der Waals surface area contributed by atoms with E-state index in [1.54, 1.807) is 0 Å². The van der Waals surface area contributed by atoms with Gasteiger partial charge >= 0.3 is 5.97 Å². The molecule has 2 nitrogen and oxygen atoms in total. The first-order valence-electron chi connectivity index (χ1n) is 8.48. The van der Waals surface area contributed by atoms with Gasteiger partial charge in [-0.3, -0.25) is 4.79 Å². The summed E-state index contributed by atoms with van der Waals surface area (Å²) in [6.07, 6.45) is 26.7. The third kappa shape index (κ3) is 16.5. The predicted molar refractivity (Wildman–Crippen MR) is 95.8 cm³/mol. The molecule has 22 heavy (non-hydrogen) atoms. The normalized spacial score (nSPS) is 12.3. The Balaban J connectivity index is 3.44. The van der Waals surface area contributed by atoms with Crippen LogP contribution in [0, 0.1) is 0 Å². The molecule has 0 amide bonds. The molecule has 0 spiro atoms. The summed E-state index contributed by atoms with van der Waals surface area (Å²) in [4.78, 5) is 10.9. The molecule has 0 heterocycles. The SMILES string of the molecule is CCCCC/C=C\C/C=C\C/C=C\C/C=C\CCC(=O)OC. The fourth-order valence-electron chi connectivity index (χ4n) is 1.86. The molecule has 0 atom stereocenters. The number of carbonyl (C=O) groups is 1. The predicted octanol–water partition coefficient (Wildman–Crippen LogP) is 5.92. The fraction of sp³-hybridized carbons (Fsp3) is 0.550. The van der Waals surface area contributed by atoms with Crippen molar-refractivity contribution in [1.29, 1.82) is 0 Å². The second kappa shape index (κ2) is 17.5. The number of allylic oxidation sites excluding steroid dienone is 8. The summed E-state index contributed by atoms with van der Waals surface area (Å²) in [5.74, 6) is -0.148. The zero-order chi connectivity index (χ0) is 16.3. The second-order valence-electron chi connectivity index (χ2n) is 5.20. The van der Waals surface area contributed by atoms with Crippen LogP contribution in [0.1, 0.15) is 64.7 Å². The van der Waals surface area contributed by atoms with Crippen molar-refractivity contribution in [3.8, 4) is 0 Å². The van der Waals surface area contributed by atoms with E-state index in [-0.39, 0.29) is 5.97 Å². The number of hydrogen-bond donors (Lipinski definition) is 0. The van der Waals surface area contributed by atoms with E-state index in [0.29, 0.717) is 6.42 Å². The second-order valence-corrected chi connectivity index (χ2v) is 5.20. The van der Waals surface area contributed by atoms with Crippen LogP contribution in [0.2, 0.25) is 0 Å². The Morgan fingerprint density at radius 2 is 1.27 bits per heavy atom. The summed E-state index contributed by atoms with van der Waals surface area (Å²) in [5.41, 5.74) is 0. The molecule has 0 aromatic carbocycles. The van der Waals surface area contributed by atoms with Crippen LogP contribution in [0.15, 0.2) is 48.6 Å². The number of hydrogen-bond acceptors (Lipinski definition) is 2. The minimum absolute atomic E-state index is 0.148. The van der Waals surface area contributed by atoms with Crippen LogP contribution in [0.4, 0.5) is 0 Å². The van der Waals surface area contributed by atoms with Gasteiger partial charge in [-0.05, 0) is 38.5 Å². The first-order chi connectivity index (χ1) is 10.8. The first-order valence-corrected chi connectivity index (χ1v) is 8.48. The van der Waals surface area contributed by atoms with E-state index in [9.17, 15) is 4.79 Å². The monoisotopic (exact) mass is 304 g/mol. The largest absolute Gasteiger partial charge is 0.469 e. The maximum absolute atomic E-state index is 10.9. The van der Waals surface area contributed by atoms with Crippen molar-refractivity contribution in [2.24, 2.45) is 0 Å². The molecule has 0 aromatic heterocycles. The van der Waals surface area contributed by atoms with Crippen molar-refractivity contribution < 1.29 is 9.53 Å². The molecule has 2 heteroatoms. The van der Waals surface area contributed by atoms with Crippen LogP contribution >= 0.6 is 0 Å². The lowest BCUT2D eigenvalue weighted by Gasteiger charge is -1.93. The quantitative estimate of drug-likeness (QED) is 0.240. The third-order valence-electron chi connectivity index (χ3n) is 3.20. The van der Waals surface area contributed by atoms with Gasteiger partial charge in [0, 0.05) is 6.42 Å². The van der Waals surface area contributed by atoms with Crippen molar-refractivity contribution in [2.45, 2.75) is 64.7 Å². The summed E-state index contributed by atoms with van der Waals surface area (Å²) < 4.78 is 4.58. The van der Waals surface area contributed by atoms with Gasteiger partial charge in [-0.15, -0.1) is 0 Å². The van der Waals surface area contributed by atoms with Gasteiger partial charge < -0.3 is 4.74 Å². The average Bonchev–Trinajstić information content (AvgIpc) is 2.54. The Morgan fingerprint density at radius 3 is 1.77 bits per heavy atom. The Morgan fingerprint density at radius 1 is 0.773 bits per heavy atom. The van der Waals surface area contributed by atoms with Crippen molar-refractivity contribution in [3.05, 3.63) is 48.6 Å². The average molecular weight is 304 g/mol. The lowest BCUT2D eigenvalue weighted by Crippen LogP contribution is -1.97. The number of methoxy groups -OCH3 is 1. The minimum atomic E-state index is -0.148. The molecule has 0 fully saturated rings. The van der Waals surface area contributed by atoms with Gasteiger partial charge in [-0.25, -0.2) is 0 Å². The molecule has 0 aliphatic heterocycles. The van der Waals surface area contributed by atoms with Crippen LogP contribution in [-0.2, 0) is 9.53 Å². The molecule has 0 saturated carbocycles. The van der Waals surface area contributed by atoms with Crippen LogP contribution < -0.4 is 0 Å². The molecule has 124 valence electrons. The summed E-state index contributed by atoms with van der Waals surface area (Å²) in [6, 6.07) is 0. The fourth-order valence-corrected chi connectivity index (χ4v) is 1.86. The van der Waals surface area contributed by atoms with E-state index in [2.05, 4.69) is 54.2 Å². The van der Waals surface area contributed by atoms with E-state index in [0.717, 1.165) is 25.7 Å². The summed E-state index contributed by atoms with van der Waals surface area (Å²) in [6.45, 7) is 2.23. The molecule has 0 N–H and O–H groups in total. The summed E-state index contributed by atoms with van der Waals surface area (Å²) in [7, 11) is 1.42. The standard InChI is InChI=1S/C20H32O2/c1-3-4-5-6-7-8-9-10-11-12-13-14-15-16-17-18-19-20(21)22-2/h7-8,10-11,13-14,16-17H,3-6,9,12,15,18-19H2,1-2H3/b8-7-,11-10-,14-13-,17-16-. The Kier molecular flexibility index (Phi) is 16.2. The lowest BCUT2D eigenvalue weighted by molar-refractivity contribution is -0.140. The van der Waals surface area contributed by atoms with E-state index < -0.39 is 0 Å². The molecule has 0 rings (SSSR count). The molecular weight excluding hydrogens is 272 g/mol. The molecule has 0 bridgehead atoms. The highest BCUT2D eigenvalue weighted by Crippen LogP contribution is 2.01. The molecular formula is C20H32O2. The highest BCUT2D eigenvalue weighted by atomic mass is 16.5. The van der Waals surface area contributed by atoms with Gasteiger partial charge in [0.1, 0.15) is 0 Å². The van der Waals surface area contributed by atoms with E-state index >= 15 is 0 Å². The van der Waals surface area contributed by atoms with Crippen LogP contribution in [0.5, 0.6) is 0 Å². The highest BCUT2D eigenvalue weighted by Gasteiger charge is 1.94. The number of rotatable bonds is 13. The summed E-state index contributed by atoms with van der Waals surface area (Å²) in [5, 5.41) is 0. The van der Waals surface area contributed by atoms with Gasteiger partial charge in [-0.2, -0.15) is 0 Å². The van der Waals surface area contributed by atoms with Gasteiger partial charge in [0.15, 0.2) is 0 Å². The van der Waals surface area contributed by atoms with Crippen molar-refractivity contribution in [2.75, 3.05) is 7.11 Å². The molecule has 0 aliphatic rings. The van der Waals surface area contributed by atoms with Gasteiger partial charge in [0.2, 0.25) is 0 Å². The van der Waals surface area contributed by atoms with Gasteiger partial charge in [0.25, 0.3) is 0 Å². The van der Waals surface area contributed by atoms with Gasteiger partial charge in [-0.1, -0.05) is 68.4 Å². The van der Waals surface area contributed by atoms with Gasteiger partial charge in [0.05, 0.1) is 7.11 Å². The Hall–Kier alpha value is -1.57. The maximum Gasteiger partial charge on any atom is 0.305 e. The number of carbonyl (C=O) groups excluding carboxylic acids is 1. The first kappa shape index (κ1) is 20.4. The number of esters is 1. The van der Waals surface area contributed by atoms with Crippen LogP contribution in [-0.4, -0.2) is 13.1 Å².